The standard InChI is InChI=1S/C22H26F3N7O2/c1-11(13-6-14(22(23,24)25)8-15(26)7-13)27-18-16-9-31(20(33)34-21(3,4)5)10-17(16)32-12(2)29-30-19(32)28-18/h6-8,11H,9-10,26H2,1-5H3,(H,27,28,30)/t11-/m1/s1. The van der Waals surface area contributed by atoms with Gasteiger partial charge in [0.05, 0.1) is 30.4 Å². The number of nitrogens with two attached hydrogens (primary N) is 1. The second kappa shape index (κ2) is 8.03. The van der Waals surface area contributed by atoms with E-state index in [1.54, 1.807) is 39.0 Å². The predicted molar refractivity (Wildman–Crippen MR) is 119 cm³/mol. The number of aryl methyl sites for hydroxylation is 1. The molecule has 9 nitrogen and oxygen atoms in total. The van der Waals surface area contributed by atoms with Gasteiger partial charge in [0, 0.05) is 11.3 Å². The number of carbonyl (C=O) groups excluding carboxylic acids is 1. The fourth-order valence-corrected chi connectivity index (χ4v) is 3.89. The Balaban J connectivity index is 1.70. The van der Waals surface area contributed by atoms with Crippen molar-refractivity contribution < 1.29 is 22.7 Å². The molecule has 12 heteroatoms. The molecule has 1 aliphatic rings. The van der Waals surface area contributed by atoms with E-state index in [0.717, 1.165) is 17.8 Å². The maximum absolute atomic E-state index is 13.3. The van der Waals surface area contributed by atoms with Gasteiger partial charge in [0.1, 0.15) is 17.2 Å². The summed E-state index contributed by atoms with van der Waals surface area (Å²) in [5, 5.41) is 11.3. The zero-order valence-corrected chi connectivity index (χ0v) is 19.5. The van der Waals surface area contributed by atoms with E-state index in [9.17, 15) is 18.0 Å². The Labute approximate surface area is 194 Å². The number of carbonyl (C=O) groups is 1. The third kappa shape index (κ3) is 4.57. The van der Waals surface area contributed by atoms with E-state index < -0.39 is 29.5 Å². The summed E-state index contributed by atoms with van der Waals surface area (Å²) in [5.41, 5.74) is 6.08. The number of nitrogens with one attached hydrogen (secondary N) is 1. The second-order valence-electron chi connectivity index (χ2n) is 9.36. The first kappa shape index (κ1) is 23.6. The Hall–Kier alpha value is -3.57. The topological polar surface area (TPSA) is 111 Å². The SMILES string of the molecule is Cc1nnc2nc(N[C@H](C)c3cc(N)cc(C(F)(F)F)c3)c3c(n12)CN(C(=O)OC(C)(C)C)C3. The minimum absolute atomic E-state index is 0.0105. The van der Waals surface area contributed by atoms with E-state index in [1.807, 2.05) is 0 Å². The van der Waals surface area contributed by atoms with Gasteiger partial charge in [-0.3, -0.25) is 9.30 Å². The molecule has 3 heterocycles. The molecule has 0 saturated carbocycles. The van der Waals surface area contributed by atoms with Crippen LogP contribution < -0.4 is 11.1 Å². The Kier molecular flexibility index (Phi) is 5.57. The number of hydrogen-bond donors (Lipinski definition) is 2. The molecule has 3 N–H and O–H groups in total. The number of halogens is 3. The number of anilines is 2. The molecule has 0 spiro atoms. The van der Waals surface area contributed by atoms with E-state index in [0.29, 0.717) is 28.5 Å². The molecule has 3 aromatic rings. The lowest BCUT2D eigenvalue weighted by Crippen LogP contribution is -2.33. The third-order valence-corrected chi connectivity index (χ3v) is 5.42. The first-order valence-corrected chi connectivity index (χ1v) is 10.7. The van der Waals surface area contributed by atoms with E-state index in [4.69, 9.17) is 10.5 Å². The van der Waals surface area contributed by atoms with Gasteiger partial charge in [0.2, 0.25) is 0 Å². The molecule has 182 valence electrons. The lowest BCUT2D eigenvalue weighted by atomic mass is 10.0. The van der Waals surface area contributed by atoms with Gasteiger partial charge in [-0.2, -0.15) is 18.2 Å². The fraction of sp³-hybridized carbons (Fsp3) is 0.455. The molecule has 1 amide bonds. The number of benzene rings is 1. The molecule has 1 aliphatic heterocycles. The minimum Gasteiger partial charge on any atom is -0.444 e. The first-order valence-electron chi connectivity index (χ1n) is 10.7. The quantitative estimate of drug-likeness (QED) is 0.536. The van der Waals surface area contributed by atoms with Crippen LogP contribution in [0.5, 0.6) is 0 Å². The van der Waals surface area contributed by atoms with Crippen LogP contribution in [0.4, 0.5) is 29.5 Å². The normalized spacial score (nSPS) is 14.9. The Morgan fingerprint density at radius 1 is 1.18 bits per heavy atom. The molecule has 0 saturated heterocycles. The lowest BCUT2D eigenvalue weighted by Gasteiger charge is -2.24. The highest BCUT2D eigenvalue weighted by Gasteiger charge is 2.34. The Morgan fingerprint density at radius 2 is 1.88 bits per heavy atom. The van der Waals surface area contributed by atoms with Gasteiger partial charge in [-0.1, -0.05) is 0 Å². The highest BCUT2D eigenvalue weighted by atomic mass is 19.4. The van der Waals surface area contributed by atoms with Gasteiger partial charge in [-0.15, -0.1) is 10.2 Å². The second-order valence-corrected chi connectivity index (χ2v) is 9.36. The highest BCUT2D eigenvalue weighted by molar-refractivity contribution is 5.70. The molecular formula is C22H26F3N7O2. The molecule has 1 atom stereocenters. The smallest absolute Gasteiger partial charge is 0.416 e. The number of nitrogen functional groups attached to an aromatic ring is 1. The summed E-state index contributed by atoms with van der Waals surface area (Å²) in [6.45, 7) is 9.31. The van der Waals surface area contributed by atoms with Crippen molar-refractivity contribution in [2.75, 3.05) is 11.1 Å². The molecule has 0 bridgehead atoms. The van der Waals surface area contributed by atoms with Crippen LogP contribution in [0.3, 0.4) is 0 Å². The number of rotatable bonds is 3. The average molecular weight is 477 g/mol. The van der Waals surface area contributed by atoms with Crippen molar-refractivity contribution in [1.82, 2.24) is 24.5 Å². The van der Waals surface area contributed by atoms with Crippen molar-refractivity contribution in [2.24, 2.45) is 0 Å². The van der Waals surface area contributed by atoms with E-state index in [2.05, 4.69) is 20.5 Å². The van der Waals surface area contributed by atoms with Gasteiger partial charge in [0.15, 0.2) is 0 Å². The summed E-state index contributed by atoms with van der Waals surface area (Å²) in [5.74, 6) is 1.33. The summed E-state index contributed by atoms with van der Waals surface area (Å²) < 4.78 is 47.1. The number of fused-ring (bicyclic) bond motifs is 3. The van der Waals surface area contributed by atoms with Crippen LogP contribution in [0.25, 0.3) is 5.78 Å². The number of hydrogen-bond acceptors (Lipinski definition) is 7. The van der Waals surface area contributed by atoms with Crippen LogP contribution >= 0.6 is 0 Å². The Bertz CT molecular complexity index is 1260. The maximum Gasteiger partial charge on any atom is 0.416 e. The monoisotopic (exact) mass is 477 g/mol. The van der Waals surface area contributed by atoms with E-state index >= 15 is 0 Å². The van der Waals surface area contributed by atoms with Crippen LogP contribution in [-0.4, -0.2) is 36.2 Å². The fourth-order valence-electron chi connectivity index (χ4n) is 3.89. The summed E-state index contributed by atoms with van der Waals surface area (Å²) in [6.07, 6.45) is -5.00. The predicted octanol–water partition coefficient (Wildman–Crippen LogP) is 4.46. The summed E-state index contributed by atoms with van der Waals surface area (Å²) in [7, 11) is 0. The first-order chi connectivity index (χ1) is 15.7. The molecule has 2 aromatic heterocycles. The summed E-state index contributed by atoms with van der Waals surface area (Å²) in [6, 6.07) is 2.87. The van der Waals surface area contributed by atoms with Crippen LogP contribution in [0.2, 0.25) is 0 Å². The van der Waals surface area contributed by atoms with Gasteiger partial charge in [-0.25, -0.2) is 4.79 Å². The lowest BCUT2D eigenvalue weighted by molar-refractivity contribution is -0.137. The maximum atomic E-state index is 13.3. The van der Waals surface area contributed by atoms with Crippen LogP contribution in [-0.2, 0) is 24.0 Å². The van der Waals surface area contributed by atoms with Crippen molar-refractivity contribution >= 4 is 23.4 Å². The van der Waals surface area contributed by atoms with Crippen LogP contribution in [0, 0.1) is 6.92 Å². The Morgan fingerprint density at radius 3 is 2.53 bits per heavy atom. The van der Waals surface area contributed by atoms with E-state index in [1.165, 1.54) is 11.0 Å². The largest absolute Gasteiger partial charge is 0.444 e. The number of ether oxygens (including phenoxy) is 1. The van der Waals surface area contributed by atoms with Gasteiger partial charge in [0.25, 0.3) is 5.78 Å². The third-order valence-electron chi connectivity index (χ3n) is 5.42. The van der Waals surface area contributed by atoms with Crippen molar-refractivity contribution in [3.63, 3.8) is 0 Å². The number of aromatic nitrogens is 4. The van der Waals surface area contributed by atoms with Gasteiger partial charge >= 0.3 is 12.3 Å². The average Bonchev–Trinajstić information content (AvgIpc) is 3.29. The molecule has 0 aliphatic carbocycles. The van der Waals surface area contributed by atoms with Gasteiger partial charge in [-0.05, 0) is 58.4 Å². The number of nitrogens with zero attached hydrogens (tertiary/aromatic N) is 5. The van der Waals surface area contributed by atoms with Crippen molar-refractivity contribution in [3.8, 4) is 0 Å². The van der Waals surface area contributed by atoms with Crippen molar-refractivity contribution in [3.05, 3.63) is 46.4 Å². The summed E-state index contributed by atoms with van der Waals surface area (Å²) >= 11 is 0. The minimum atomic E-state index is -4.52. The van der Waals surface area contributed by atoms with Crippen molar-refractivity contribution in [2.45, 2.75) is 65.5 Å². The number of alkyl halides is 3. The highest BCUT2D eigenvalue weighted by Crippen LogP contribution is 2.35. The van der Waals surface area contributed by atoms with Crippen LogP contribution in [0.15, 0.2) is 18.2 Å². The molecule has 1 aromatic carbocycles. The van der Waals surface area contributed by atoms with Crippen LogP contribution in [0.1, 0.15) is 61.9 Å². The van der Waals surface area contributed by atoms with Crippen molar-refractivity contribution in [1.29, 1.82) is 0 Å². The summed E-state index contributed by atoms with van der Waals surface area (Å²) in [4.78, 5) is 18.8. The van der Waals surface area contributed by atoms with E-state index in [-0.39, 0.29) is 18.8 Å². The molecule has 0 unspecified atom stereocenters. The zero-order valence-electron chi connectivity index (χ0n) is 19.5. The zero-order chi connectivity index (χ0) is 25.0. The molecular weight excluding hydrogens is 451 g/mol. The van der Waals surface area contributed by atoms with Gasteiger partial charge < -0.3 is 15.8 Å². The molecule has 4 rings (SSSR count). The molecule has 0 radical (unpaired) electrons. The molecule has 0 fully saturated rings. The molecule has 34 heavy (non-hydrogen) atoms. The number of amides is 1.